The average Bonchev–Trinajstić information content (AvgIpc) is 3.13. The number of carboxylic acids is 1. The van der Waals surface area contributed by atoms with Crippen LogP contribution in [-0.4, -0.2) is 49.3 Å². The average molecular weight is 383 g/mol. The van der Waals surface area contributed by atoms with Gasteiger partial charge in [0.2, 0.25) is 0 Å². The summed E-state index contributed by atoms with van der Waals surface area (Å²) in [5.41, 5.74) is 2.29. The number of urea groups is 1. The highest BCUT2D eigenvalue weighted by Crippen LogP contribution is 2.17. The van der Waals surface area contributed by atoms with E-state index in [4.69, 9.17) is 9.84 Å². The summed E-state index contributed by atoms with van der Waals surface area (Å²) < 4.78 is 5.08. The smallest absolute Gasteiger partial charge is 0.341 e. The molecule has 0 aromatic heterocycles. The van der Waals surface area contributed by atoms with Crippen molar-refractivity contribution in [1.29, 1.82) is 0 Å². The van der Waals surface area contributed by atoms with Crippen LogP contribution in [0.1, 0.15) is 15.9 Å². The van der Waals surface area contributed by atoms with Crippen LogP contribution in [-0.2, 0) is 11.2 Å². The Morgan fingerprint density at radius 1 is 1.11 bits per heavy atom. The van der Waals surface area contributed by atoms with E-state index in [1.807, 2.05) is 12.1 Å². The van der Waals surface area contributed by atoms with Crippen molar-refractivity contribution in [2.24, 2.45) is 0 Å². The lowest BCUT2D eigenvalue weighted by atomic mass is 10.1. The van der Waals surface area contributed by atoms with Crippen LogP contribution in [0.15, 0.2) is 48.5 Å². The lowest BCUT2D eigenvalue weighted by Crippen LogP contribution is -2.28. The van der Waals surface area contributed by atoms with Gasteiger partial charge in [-0.2, -0.15) is 0 Å². The number of nitrogens with one attached hydrogen (secondary N) is 2. The van der Waals surface area contributed by atoms with Gasteiger partial charge in [-0.25, -0.2) is 9.59 Å². The van der Waals surface area contributed by atoms with E-state index in [1.165, 1.54) is 0 Å². The molecule has 146 valence electrons. The van der Waals surface area contributed by atoms with E-state index < -0.39 is 5.97 Å². The van der Waals surface area contributed by atoms with E-state index in [0.717, 1.165) is 11.3 Å². The van der Waals surface area contributed by atoms with Gasteiger partial charge in [0.25, 0.3) is 5.91 Å². The van der Waals surface area contributed by atoms with E-state index in [9.17, 15) is 14.4 Å². The molecule has 0 bridgehead atoms. The van der Waals surface area contributed by atoms with Crippen molar-refractivity contribution in [3.8, 4) is 5.75 Å². The maximum absolute atomic E-state index is 12.3. The predicted octanol–water partition coefficient (Wildman–Crippen LogP) is 1.65. The summed E-state index contributed by atoms with van der Waals surface area (Å²) in [6.45, 7) is 1.32. The maximum atomic E-state index is 12.3. The van der Waals surface area contributed by atoms with Crippen LogP contribution in [0.3, 0.4) is 0 Å². The third-order valence-electron chi connectivity index (χ3n) is 4.28. The van der Waals surface area contributed by atoms with E-state index in [1.54, 1.807) is 41.3 Å². The Kier molecular flexibility index (Phi) is 6.11. The number of carboxylic acid groups (broad SMARTS) is 1. The number of ether oxygens (including phenoxy) is 1. The summed E-state index contributed by atoms with van der Waals surface area (Å²) in [5, 5.41) is 14.2. The van der Waals surface area contributed by atoms with Gasteiger partial charge in [-0.1, -0.05) is 12.1 Å². The first kappa shape index (κ1) is 19.2. The first-order chi connectivity index (χ1) is 13.5. The largest absolute Gasteiger partial charge is 0.482 e. The van der Waals surface area contributed by atoms with Crippen molar-refractivity contribution in [3.05, 3.63) is 59.7 Å². The summed E-state index contributed by atoms with van der Waals surface area (Å²) in [7, 11) is 0. The highest BCUT2D eigenvalue weighted by molar-refractivity contribution is 5.97. The van der Waals surface area contributed by atoms with Crippen LogP contribution in [0.4, 0.5) is 10.5 Å². The molecule has 0 spiro atoms. The Morgan fingerprint density at radius 3 is 2.43 bits per heavy atom. The van der Waals surface area contributed by atoms with Crippen LogP contribution in [0, 0.1) is 0 Å². The molecular formula is C20H21N3O5. The lowest BCUT2D eigenvalue weighted by Gasteiger charge is -2.14. The van der Waals surface area contributed by atoms with Gasteiger partial charge in [0.1, 0.15) is 5.75 Å². The van der Waals surface area contributed by atoms with Gasteiger partial charge >= 0.3 is 12.0 Å². The molecule has 1 aliphatic heterocycles. The van der Waals surface area contributed by atoms with E-state index >= 15 is 0 Å². The zero-order valence-corrected chi connectivity index (χ0v) is 15.2. The number of amides is 3. The summed E-state index contributed by atoms with van der Waals surface area (Å²) in [5.74, 6) is -0.718. The van der Waals surface area contributed by atoms with Crippen LogP contribution in [0.5, 0.6) is 5.75 Å². The van der Waals surface area contributed by atoms with E-state index in [2.05, 4.69) is 10.6 Å². The second-order valence-corrected chi connectivity index (χ2v) is 6.26. The van der Waals surface area contributed by atoms with Gasteiger partial charge < -0.3 is 20.5 Å². The van der Waals surface area contributed by atoms with E-state index in [-0.39, 0.29) is 18.5 Å². The number of aliphatic carboxylic acids is 1. The minimum absolute atomic E-state index is 0.128. The Morgan fingerprint density at radius 2 is 1.82 bits per heavy atom. The number of hydrogen-bond donors (Lipinski definition) is 3. The number of rotatable bonds is 8. The number of nitrogens with zero attached hydrogens (tertiary/aromatic N) is 1. The molecule has 3 N–H and O–H groups in total. The van der Waals surface area contributed by atoms with Crippen molar-refractivity contribution in [3.63, 3.8) is 0 Å². The van der Waals surface area contributed by atoms with Crippen LogP contribution >= 0.6 is 0 Å². The summed E-state index contributed by atoms with van der Waals surface area (Å²) in [6.07, 6.45) is 0.636. The molecular weight excluding hydrogens is 362 g/mol. The van der Waals surface area contributed by atoms with Crippen molar-refractivity contribution in [2.45, 2.75) is 6.42 Å². The maximum Gasteiger partial charge on any atom is 0.341 e. The van der Waals surface area contributed by atoms with Crippen molar-refractivity contribution in [2.75, 3.05) is 31.1 Å². The SMILES string of the molecule is O=C(O)COc1ccc(CCNC(=O)c2ccc(N3CCNC3=O)cc2)cc1. The van der Waals surface area contributed by atoms with Gasteiger partial charge in [-0.15, -0.1) is 0 Å². The minimum atomic E-state index is -1.02. The molecule has 0 radical (unpaired) electrons. The molecule has 1 aliphatic rings. The normalized spacial score (nSPS) is 13.1. The second-order valence-electron chi connectivity index (χ2n) is 6.26. The molecule has 28 heavy (non-hydrogen) atoms. The number of hydrogen-bond acceptors (Lipinski definition) is 4. The zero-order valence-electron chi connectivity index (χ0n) is 15.2. The second kappa shape index (κ2) is 8.90. The van der Waals surface area contributed by atoms with Gasteiger partial charge in [0.05, 0.1) is 0 Å². The standard InChI is InChI=1S/C20H21N3O5/c24-18(25)13-28-17-7-1-14(2-8-17)9-10-21-19(26)15-3-5-16(6-4-15)23-12-11-22-20(23)27/h1-8H,9-13H2,(H,21,26)(H,22,27)(H,24,25). The number of carbonyl (C=O) groups is 3. The molecule has 8 heteroatoms. The highest BCUT2D eigenvalue weighted by atomic mass is 16.5. The lowest BCUT2D eigenvalue weighted by molar-refractivity contribution is -0.139. The Balaban J connectivity index is 1.46. The van der Waals surface area contributed by atoms with Crippen molar-refractivity contribution >= 4 is 23.6 Å². The Labute approximate surface area is 162 Å². The fourth-order valence-electron chi connectivity index (χ4n) is 2.83. The minimum Gasteiger partial charge on any atom is -0.482 e. The van der Waals surface area contributed by atoms with Gasteiger partial charge in [0.15, 0.2) is 6.61 Å². The first-order valence-corrected chi connectivity index (χ1v) is 8.90. The molecule has 1 heterocycles. The molecule has 0 unspecified atom stereocenters. The number of benzene rings is 2. The third-order valence-corrected chi connectivity index (χ3v) is 4.28. The summed E-state index contributed by atoms with van der Waals surface area (Å²) in [6, 6.07) is 13.9. The molecule has 3 rings (SSSR count). The fraction of sp³-hybridized carbons (Fsp3) is 0.250. The predicted molar refractivity (Wildman–Crippen MR) is 103 cm³/mol. The quantitative estimate of drug-likeness (QED) is 0.642. The van der Waals surface area contributed by atoms with Crippen LogP contribution < -0.4 is 20.3 Å². The highest BCUT2D eigenvalue weighted by Gasteiger charge is 2.21. The summed E-state index contributed by atoms with van der Waals surface area (Å²) in [4.78, 5) is 36.0. The topological polar surface area (TPSA) is 108 Å². The molecule has 3 amide bonds. The van der Waals surface area contributed by atoms with E-state index in [0.29, 0.717) is 37.4 Å². The molecule has 8 nitrogen and oxygen atoms in total. The first-order valence-electron chi connectivity index (χ1n) is 8.90. The zero-order chi connectivity index (χ0) is 19.9. The van der Waals surface area contributed by atoms with Crippen LogP contribution in [0.2, 0.25) is 0 Å². The Hall–Kier alpha value is -3.55. The molecule has 2 aromatic carbocycles. The molecule has 0 saturated carbocycles. The van der Waals surface area contributed by atoms with Gasteiger partial charge in [-0.3, -0.25) is 9.69 Å². The molecule has 1 saturated heterocycles. The van der Waals surface area contributed by atoms with Gasteiger partial charge in [0, 0.05) is 30.9 Å². The van der Waals surface area contributed by atoms with Crippen molar-refractivity contribution in [1.82, 2.24) is 10.6 Å². The molecule has 2 aromatic rings. The Bertz CT molecular complexity index is 849. The molecule has 0 atom stereocenters. The monoisotopic (exact) mass is 383 g/mol. The molecule has 0 aliphatic carbocycles. The number of anilines is 1. The summed E-state index contributed by atoms with van der Waals surface area (Å²) >= 11 is 0. The fourth-order valence-corrected chi connectivity index (χ4v) is 2.83. The third kappa shape index (κ3) is 5.00. The van der Waals surface area contributed by atoms with Gasteiger partial charge in [-0.05, 0) is 48.4 Å². The van der Waals surface area contributed by atoms with Crippen molar-refractivity contribution < 1.29 is 24.2 Å². The number of carbonyl (C=O) groups excluding carboxylic acids is 2. The van der Waals surface area contributed by atoms with Crippen LogP contribution in [0.25, 0.3) is 0 Å². The molecule has 1 fully saturated rings.